The van der Waals surface area contributed by atoms with Gasteiger partial charge in [-0.05, 0) is 0 Å². The number of rotatable bonds is 5. The van der Waals surface area contributed by atoms with Gasteiger partial charge in [0.1, 0.15) is 0 Å². The van der Waals surface area contributed by atoms with Crippen molar-refractivity contribution < 1.29 is 33.5 Å². The maximum absolute atomic E-state index is 11.0. The van der Waals surface area contributed by atoms with E-state index in [-0.39, 0.29) is 23.3 Å². The first kappa shape index (κ1) is 19.6. The minimum absolute atomic E-state index is 0. The molecule has 0 atom stereocenters. The minimum atomic E-state index is -1.17. The van der Waals surface area contributed by atoms with Crippen molar-refractivity contribution in [2.75, 3.05) is 6.61 Å². The maximum atomic E-state index is 11.0. The Labute approximate surface area is 153 Å². The molecule has 2 rings (SSSR count). The number of nitriles is 1. The van der Waals surface area contributed by atoms with Crippen LogP contribution in [0.4, 0.5) is 0 Å². The number of nitrogens with zero attached hydrogens (tertiary/aromatic N) is 2. The van der Waals surface area contributed by atoms with Crippen LogP contribution in [0.15, 0.2) is 18.2 Å². The first-order chi connectivity index (χ1) is 10.4. The van der Waals surface area contributed by atoms with Gasteiger partial charge in [0.05, 0.1) is 0 Å². The monoisotopic (exact) mass is 370 g/mol. The van der Waals surface area contributed by atoms with Gasteiger partial charge in [-0.3, -0.25) is 0 Å². The van der Waals surface area contributed by atoms with Crippen LogP contribution in [0.3, 0.4) is 0 Å². The van der Waals surface area contributed by atoms with Crippen LogP contribution in [0.25, 0.3) is 10.1 Å². The molecule has 23 heavy (non-hydrogen) atoms. The zero-order valence-corrected chi connectivity index (χ0v) is 15.3. The van der Waals surface area contributed by atoms with E-state index in [0.29, 0.717) is 34.1 Å². The van der Waals surface area contributed by atoms with Gasteiger partial charge in [0, 0.05) is 0 Å². The normalized spacial score (nSPS) is 10.0. The van der Waals surface area contributed by atoms with Gasteiger partial charge in [-0.1, -0.05) is 0 Å². The van der Waals surface area contributed by atoms with E-state index >= 15 is 0 Å². The van der Waals surface area contributed by atoms with Crippen LogP contribution in [0.5, 0.6) is 5.75 Å². The van der Waals surface area contributed by atoms with Crippen LogP contribution >= 0.6 is 0 Å². The van der Waals surface area contributed by atoms with E-state index in [9.17, 15) is 15.2 Å². The summed E-state index contributed by atoms with van der Waals surface area (Å²) < 4.78 is 6.56. The summed E-state index contributed by atoms with van der Waals surface area (Å²) in [6.07, 6.45) is 0. The van der Waals surface area contributed by atoms with Crippen LogP contribution in [-0.4, -0.2) is 32.1 Å². The number of carbonyl (C=O) groups excluding carboxylic acids is 1. The Balaban J connectivity index is 0.00000264. The van der Waals surface area contributed by atoms with E-state index in [4.69, 9.17) is 4.74 Å². The van der Waals surface area contributed by atoms with Crippen molar-refractivity contribution in [3.63, 3.8) is 0 Å². The molecule has 5 nitrogen and oxygen atoms in total. The molecule has 0 amide bonds. The Bertz CT molecular complexity index is 750. The molecule has 114 valence electrons. The number of benzene rings is 1. The predicted octanol–water partition coefficient (Wildman–Crippen LogP) is -1.61. The Hall–Kier alpha value is -1.49. The van der Waals surface area contributed by atoms with E-state index in [2.05, 4.69) is 11.1 Å². The molecule has 0 saturated carbocycles. The molecule has 0 unspecified atom stereocenters. The number of carboxylic acid groups (broad SMARTS) is 1. The zero-order valence-electron chi connectivity index (χ0n) is 13.5. The topological polar surface area (TPSA) is 86.0 Å². The first-order valence-corrected chi connectivity index (χ1v) is 8.49. The summed E-state index contributed by atoms with van der Waals surface area (Å²) >= 11 is -0.407. The van der Waals surface area contributed by atoms with E-state index < -0.39 is 20.5 Å². The van der Waals surface area contributed by atoms with Gasteiger partial charge in [0.2, 0.25) is 0 Å². The zero-order chi connectivity index (χ0) is 16.3. The molecule has 7 heteroatoms. The number of aromatic nitrogens is 1. The largest absolute Gasteiger partial charge is 1.00 e. The maximum Gasteiger partial charge on any atom is 1.00 e. The van der Waals surface area contributed by atoms with Gasteiger partial charge in [0.25, 0.3) is 0 Å². The molecule has 0 bridgehead atoms. The Morgan fingerprint density at radius 3 is 2.70 bits per heavy atom. The second-order valence-corrected chi connectivity index (χ2v) is 7.34. The van der Waals surface area contributed by atoms with Crippen molar-refractivity contribution in [1.82, 2.24) is 4.98 Å². The van der Waals surface area contributed by atoms with Gasteiger partial charge in [-0.25, -0.2) is 0 Å². The third kappa shape index (κ3) is 4.74. The smallest absolute Gasteiger partial charge is 1.00 e. The standard InChI is InChI=1S/C16H16N2O3Se.Li/c1-9(2)8-21-13-5-4-11(6-12(13)7-17)15-18-10(3)14(22-15)16(19)20;/h4-6,9H,8H2,1-3H3,(H,19,20);/q;+1/p-1. The number of carboxylic acids is 1. The van der Waals surface area contributed by atoms with Crippen molar-refractivity contribution in [2.45, 2.75) is 20.8 Å². The SMILES string of the molecule is Cc1nc(-c2ccc(OCC(C)C)c(C#N)c2)[se]c1C(=O)[O-].[Li+]. The second kappa shape index (κ2) is 8.38. The number of aromatic carboxylic acids is 1. The molecule has 1 aromatic heterocycles. The van der Waals surface area contributed by atoms with Gasteiger partial charge >= 0.3 is 153 Å². The van der Waals surface area contributed by atoms with E-state index in [1.54, 1.807) is 19.1 Å². The first-order valence-electron chi connectivity index (χ1n) is 6.78. The van der Waals surface area contributed by atoms with Crippen LogP contribution in [0.1, 0.15) is 34.3 Å². The van der Waals surface area contributed by atoms with Crippen molar-refractivity contribution in [3.8, 4) is 22.0 Å². The van der Waals surface area contributed by atoms with Crippen molar-refractivity contribution in [1.29, 1.82) is 5.26 Å². The molecule has 1 aromatic carbocycles. The summed E-state index contributed by atoms with van der Waals surface area (Å²) in [5.74, 6) is -0.268. The summed E-state index contributed by atoms with van der Waals surface area (Å²) in [7, 11) is 0. The van der Waals surface area contributed by atoms with E-state index in [1.165, 1.54) is 0 Å². The molecular weight excluding hydrogens is 354 g/mol. The van der Waals surface area contributed by atoms with Gasteiger partial charge in [-0.2, -0.15) is 0 Å². The quantitative estimate of drug-likeness (QED) is 0.592. The molecule has 0 saturated heterocycles. The fourth-order valence-corrected chi connectivity index (χ4v) is 3.72. The Kier molecular flexibility index (Phi) is 7.13. The van der Waals surface area contributed by atoms with E-state index in [1.807, 2.05) is 19.9 Å². The predicted molar refractivity (Wildman–Crippen MR) is 80.7 cm³/mol. The Morgan fingerprint density at radius 2 is 2.17 bits per heavy atom. The Morgan fingerprint density at radius 1 is 1.48 bits per heavy atom. The van der Waals surface area contributed by atoms with Crippen LogP contribution in [-0.2, 0) is 0 Å². The minimum Gasteiger partial charge on any atom is 1.00 e. The molecular formula is C16H15LiN2O3Se. The van der Waals surface area contributed by atoms with Gasteiger partial charge in [0.15, 0.2) is 0 Å². The molecule has 0 aliphatic carbocycles. The van der Waals surface area contributed by atoms with Gasteiger partial charge in [-0.15, -0.1) is 0 Å². The van der Waals surface area contributed by atoms with Crippen molar-refractivity contribution in [2.24, 2.45) is 5.92 Å². The molecule has 0 radical (unpaired) electrons. The van der Waals surface area contributed by atoms with E-state index in [0.717, 1.165) is 5.56 Å². The number of carbonyl (C=O) groups is 1. The van der Waals surface area contributed by atoms with Crippen LogP contribution in [0, 0.1) is 24.2 Å². The third-order valence-electron chi connectivity index (χ3n) is 2.90. The average Bonchev–Trinajstić information content (AvgIpc) is 2.87. The number of aryl methyl sites for hydroxylation is 1. The van der Waals surface area contributed by atoms with Crippen LogP contribution < -0.4 is 28.7 Å². The third-order valence-corrected chi connectivity index (χ3v) is 5.39. The van der Waals surface area contributed by atoms with Crippen molar-refractivity contribution in [3.05, 3.63) is 33.9 Å². The fourth-order valence-electron chi connectivity index (χ4n) is 1.84. The number of hydrogen-bond acceptors (Lipinski definition) is 5. The van der Waals surface area contributed by atoms with Crippen molar-refractivity contribution >= 4 is 20.5 Å². The summed E-state index contributed by atoms with van der Waals surface area (Å²) in [4.78, 5) is 15.3. The molecule has 0 spiro atoms. The average molecular weight is 369 g/mol. The molecule has 2 aromatic rings. The summed E-state index contributed by atoms with van der Waals surface area (Å²) in [6, 6.07) is 7.35. The molecule has 1 heterocycles. The van der Waals surface area contributed by atoms with Crippen LogP contribution in [0.2, 0.25) is 0 Å². The molecule has 0 aliphatic heterocycles. The summed E-state index contributed by atoms with van der Waals surface area (Å²) in [5.41, 5.74) is 1.66. The molecule has 0 aliphatic rings. The van der Waals surface area contributed by atoms with Gasteiger partial charge < -0.3 is 0 Å². The summed E-state index contributed by atoms with van der Waals surface area (Å²) in [6.45, 7) is 6.26. The second-order valence-electron chi connectivity index (χ2n) is 5.25. The number of ether oxygens (including phenoxy) is 1. The fraction of sp³-hybridized carbons (Fsp3) is 0.312. The summed E-state index contributed by atoms with van der Waals surface area (Å²) in [5, 5.41) is 20.3. The molecule has 0 fully saturated rings. The number of hydrogen-bond donors (Lipinski definition) is 0. The molecule has 0 N–H and O–H groups in total.